The van der Waals surface area contributed by atoms with Gasteiger partial charge in [-0.1, -0.05) is 18.2 Å². The molecule has 0 aliphatic heterocycles. The van der Waals surface area contributed by atoms with Crippen LogP contribution in [0.15, 0.2) is 47.8 Å². The second-order valence-electron chi connectivity index (χ2n) is 4.91. The zero-order valence-corrected chi connectivity index (χ0v) is 12.2. The standard InChI is InChI=1S/C17H13FN2S/c1-11-6-12(18)8-13(7-11)20-16(9-19)15-10-21-17-5-3-2-4-14(15)17/h2-8,10,16,20H,1H3. The van der Waals surface area contributed by atoms with Crippen LogP contribution >= 0.6 is 11.3 Å². The highest BCUT2D eigenvalue weighted by molar-refractivity contribution is 7.17. The van der Waals surface area contributed by atoms with Crippen molar-refractivity contribution in [1.29, 1.82) is 5.26 Å². The summed E-state index contributed by atoms with van der Waals surface area (Å²) in [7, 11) is 0. The molecule has 1 heterocycles. The SMILES string of the molecule is Cc1cc(F)cc(NC(C#N)c2csc3ccccc23)c1. The molecule has 0 spiro atoms. The Balaban J connectivity index is 1.97. The molecule has 0 fully saturated rings. The molecular formula is C17H13FN2S. The Bertz CT molecular complexity index is 812. The highest BCUT2D eigenvalue weighted by atomic mass is 32.1. The average Bonchev–Trinajstić information content (AvgIpc) is 2.87. The Morgan fingerprint density at radius 1 is 1.24 bits per heavy atom. The number of fused-ring (bicyclic) bond motifs is 1. The number of aryl methyl sites for hydroxylation is 1. The zero-order chi connectivity index (χ0) is 14.8. The number of nitrogens with one attached hydrogen (secondary N) is 1. The molecule has 0 amide bonds. The number of nitrogens with zero attached hydrogens (tertiary/aromatic N) is 1. The van der Waals surface area contributed by atoms with E-state index in [-0.39, 0.29) is 5.82 Å². The van der Waals surface area contributed by atoms with Gasteiger partial charge in [0, 0.05) is 16.0 Å². The second-order valence-corrected chi connectivity index (χ2v) is 5.82. The van der Waals surface area contributed by atoms with E-state index in [4.69, 9.17) is 0 Å². The maximum atomic E-state index is 13.5. The fraction of sp³-hybridized carbons (Fsp3) is 0.118. The van der Waals surface area contributed by atoms with Gasteiger partial charge in [-0.2, -0.15) is 5.26 Å². The van der Waals surface area contributed by atoms with Crippen LogP contribution in [0.3, 0.4) is 0 Å². The minimum absolute atomic E-state index is 0.302. The molecule has 0 saturated heterocycles. The molecule has 1 unspecified atom stereocenters. The van der Waals surface area contributed by atoms with Crippen LogP contribution in [-0.2, 0) is 0 Å². The lowest BCUT2D eigenvalue weighted by Crippen LogP contribution is -2.08. The summed E-state index contributed by atoms with van der Waals surface area (Å²) < 4.78 is 14.6. The molecule has 0 saturated carbocycles. The van der Waals surface area contributed by atoms with E-state index in [0.717, 1.165) is 21.2 Å². The van der Waals surface area contributed by atoms with E-state index in [2.05, 4.69) is 11.4 Å². The summed E-state index contributed by atoms with van der Waals surface area (Å²) in [5.41, 5.74) is 2.37. The van der Waals surface area contributed by atoms with Crippen molar-refractivity contribution in [3.63, 3.8) is 0 Å². The zero-order valence-electron chi connectivity index (χ0n) is 11.4. The molecule has 3 aromatic rings. The first kappa shape index (κ1) is 13.6. The summed E-state index contributed by atoms with van der Waals surface area (Å²) in [6.07, 6.45) is 0. The van der Waals surface area contributed by atoms with E-state index in [1.54, 1.807) is 11.3 Å². The fourth-order valence-electron chi connectivity index (χ4n) is 2.39. The van der Waals surface area contributed by atoms with Crippen molar-refractivity contribution >= 4 is 27.1 Å². The van der Waals surface area contributed by atoms with E-state index in [1.807, 2.05) is 42.6 Å². The van der Waals surface area contributed by atoms with Crippen LogP contribution in [0.25, 0.3) is 10.1 Å². The third-order valence-corrected chi connectivity index (χ3v) is 4.29. The Kier molecular flexibility index (Phi) is 3.59. The number of rotatable bonds is 3. The van der Waals surface area contributed by atoms with Gasteiger partial charge in [-0.25, -0.2) is 4.39 Å². The molecule has 0 aliphatic carbocycles. The number of halogens is 1. The van der Waals surface area contributed by atoms with Crippen molar-refractivity contribution in [3.8, 4) is 6.07 Å². The number of benzene rings is 2. The molecule has 21 heavy (non-hydrogen) atoms. The largest absolute Gasteiger partial charge is 0.366 e. The Morgan fingerprint density at radius 3 is 2.81 bits per heavy atom. The Labute approximate surface area is 126 Å². The fourth-order valence-corrected chi connectivity index (χ4v) is 3.37. The van der Waals surface area contributed by atoms with E-state index >= 15 is 0 Å². The van der Waals surface area contributed by atoms with Crippen molar-refractivity contribution in [2.45, 2.75) is 13.0 Å². The lowest BCUT2D eigenvalue weighted by atomic mass is 10.1. The van der Waals surface area contributed by atoms with Gasteiger partial charge in [0.05, 0.1) is 6.07 Å². The summed E-state index contributed by atoms with van der Waals surface area (Å²) in [5.74, 6) is -0.302. The molecule has 1 aromatic heterocycles. The van der Waals surface area contributed by atoms with E-state index in [0.29, 0.717) is 5.69 Å². The highest BCUT2D eigenvalue weighted by Gasteiger charge is 2.15. The molecule has 0 aliphatic rings. The van der Waals surface area contributed by atoms with Crippen molar-refractivity contribution in [2.75, 3.05) is 5.32 Å². The predicted molar refractivity (Wildman–Crippen MR) is 84.9 cm³/mol. The van der Waals surface area contributed by atoms with Crippen molar-refractivity contribution in [2.24, 2.45) is 0 Å². The van der Waals surface area contributed by atoms with Crippen LogP contribution in [-0.4, -0.2) is 0 Å². The third kappa shape index (κ3) is 2.74. The van der Waals surface area contributed by atoms with Gasteiger partial charge in [-0.3, -0.25) is 0 Å². The van der Waals surface area contributed by atoms with Gasteiger partial charge in [0.25, 0.3) is 0 Å². The minimum Gasteiger partial charge on any atom is -0.366 e. The smallest absolute Gasteiger partial charge is 0.141 e. The van der Waals surface area contributed by atoms with Crippen LogP contribution in [0.2, 0.25) is 0 Å². The first-order chi connectivity index (χ1) is 10.2. The van der Waals surface area contributed by atoms with Gasteiger partial charge >= 0.3 is 0 Å². The van der Waals surface area contributed by atoms with Gasteiger partial charge in [0.2, 0.25) is 0 Å². The van der Waals surface area contributed by atoms with Gasteiger partial charge in [0.15, 0.2) is 0 Å². The van der Waals surface area contributed by atoms with Gasteiger partial charge in [-0.05, 0) is 47.5 Å². The number of thiophene rings is 1. The maximum absolute atomic E-state index is 13.5. The molecule has 104 valence electrons. The molecule has 4 heteroatoms. The van der Waals surface area contributed by atoms with Gasteiger partial charge in [-0.15, -0.1) is 11.3 Å². The quantitative estimate of drug-likeness (QED) is 0.736. The van der Waals surface area contributed by atoms with E-state index in [9.17, 15) is 9.65 Å². The van der Waals surface area contributed by atoms with E-state index < -0.39 is 6.04 Å². The van der Waals surface area contributed by atoms with Crippen LogP contribution in [0, 0.1) is 24.1 Å². The molecule has 3 rings (SSSR count). The van der Waals surface area contributed by atoms with Crippen LogP contribution in [0.1, 0.15) is 17.2 Å². The number of hydrogen-bond donors (Lipinski definition) is 1. The first-order valence-corrected chi connectivity index (χ1v) is 7.45. The van der Waals surface area contributed by atoms with Gasteiger partial charge in [0.1, 0.15) is 11.9 Å². The van der Waals surface area contributed by atoms with Crippen LogP contribution < -0.4 is 5.32 Å². The monoisotopic (exact) mass is 296 g/mol. The number of nitriles is 1. The lowest BCUT2D eigenvalue weighted by Gasteiger charge is -2.13. The highest BCUT2D eigenvalue weighted by Crippen LogP contribution is 2.32. The molecule has 0 radical (unpaired) electrons. The number of hydrogen-bond acceptors (Lipinski definition) is 3. The second kappa shape index (κ2) is 5.55. The van der Waals surface area contributed by atoms with Crippen molar-refractivity contribution in [1.82, 2.24) is 0 Å². The molecule has 0 bridgehead atoms. The topological polar surface area (TPSA) is 35.8 Å². The molecule has 1 atom stereocenters. The van der Waals surface area contributed by atoms with E-state index in [1.165, 1.54) is 12.1 Å². The Morgan fingerprint density at radius 2 is 2.05 bits per heavy atom. The first-order valence-electron chi connectivity index (χ1n) is 6.57. The normalized spacial score (nSPS) is 12.0. The van der Waals surface area contributed by atoms with Crippen LogP contribution in [0.4, 0.5) is 10.1 Å². The molecule has 2 nitrogen and oxygen atoms in total. The summed E-state index contributed by atoms with van der Waals surface area (Å²) in [6, 6.07) is 14.4. The van der Waals surface area contributed by atoms with Crippen molar-refractivity contribution < 1.29 is 4.39 Å². The molecular weight excluding hydrogens is 283 g/mol. The maximum Gasteiger partial charge on any atom is 0.141 e. The molecule has 1 N–H and O–H groups in total. The number of anilines is 1. The predicted octanol–water partition coefficient (Wildman–Crippen LogP) is 5.03. The average molecular weight is 296 g/mol. The summed E-state index contributed by atoms with van der Waals surface area (Å²) in [5, 5.41) is 15.6. The summed E-state index contributed by atoms with van der Waals surface area (Å²) in [4.78, 5) is 0. The van der Waals surface area contributed by atoms with Gasteiger partial charge < -0.3 is 5.32 Å². The minimum atomic E-state index is -0.498. The Hall–Kier alpha value is -2.38. The van der Waals surface area contributed by atoms with Crippen molar-refractivity contribution in [3.05, 3.63) is 64.8 Å². The lowest BCUT2D eigenvalue weighted by molar-refractivity contribution is 0.627. The van der Waals surface area contributed by atoms with Crippen LogP contribution in [0.5, 0.6) is 0 Å². The summed E-state index contributed by atoms with van der Waals surface area (Å²) in [6.45, 7) is 1.83. The summed E-state index contributed by atoms with van der Waals surface area (Å²) >= 11 is 1.61. The molecule has 2 aromatic carbocycles. The third-order valence-electron chi connectivity index (χ3n) is 3.30.